The maximum Gasteiger partial charge on any atom is 0.339 e. The van der Waals surface area contributed by atoms with E-state index in [2.05, 4.69) is 5.32 Å². The molecule has 0 aromatic heterocycles. The third-order valence-electron chi connectivity index (χ3n) is 4.26. The van der Waals surface area contributed by atoms with Gasteiger partial charge in [-0.3, -0.25) is 14.4 Å². The SMILES string of the molecule is CN(C)C(=O)CNC(=O)COC(=O)c1ccccc1C(=O)N(C)Cc1ccccc1. The van der Waals surface area contributed by atoms with Crippen LogP contribution in [0.3, 0.4) is 0 Å². The van der Waals surface area contributed by atoms with Crippen molar-refractivity contribution >= 4 is 23.7 Å². The lowest BCUT2D eigenvalue weighted by Crippen LogP contribution is -2.38. The van der Waals surface area contributed by atoms with E-state index in [1.807, 2.05) is 30.3 Å². The van der Waals surface area contributed by atoms with Gasteiger partial charge >= 0.3 is 5.97 Å². The molecular formula is C22H25N3O5. The number of carbonyl (C=O) groups excluding carboxylic acids is 4. The lowest BCUT2D eigenvalue weighted by Gasteiger charge is -2.19. The van der Waals surface area contributed by atoms with Crippen molar-refractivity contribution in [1.29, 1.82) is 0 Å². The van der Waals surface area contributed by atoms with Crippen molar-refractivity contribution in [2.45, 2.75) is 6.54 Å². The summed E-state index contributed by atoms with van der Waals surface area (Å²) >= 11 is 0. The van der Waals surface area contributed by atoms with Crippen molar-refractivity contribution < 1.29 is 23.9 Å². The standard InChI is InChI=1S/C22H25N3O5/c1-24(2)20(27)13-23-19(26)15-30-22(29)18-12-8-7-11-17(18)21(28)25(3)14-16-9-5-4-6-10-16/h4-12H,13-15H2,1-3H3,(H,23,26). The zero-order chi connectivity index (χ0) is 22.1. The Labute approximate surface area is 175 Å². The van der Waals surface area contributed by atoms with Gasteiger partial charge < -0.3 is 19.9 Å². The number of hydrogen-bond acceptors (Lipinski definition) is 5. The highest BCUT2D eigenvalue weighted by Gasteiger charge is 2.21. The van der Waals surface area contributed by atoms with Crippen LogP contribution in [0.1, 0.15) is 26.3 Å². The summed E-state index contributed by atoms with van der Waals surface area (Å²) in [6.45, 7) is -0.365. The van der Waals surface area contributed by atoms with E-state index in [4.69, 9.17) is 4.74 Å². The first-order valence-electron chi connectivity index (χ1n) is 9.32. The van der Waals surface area contributed by atoms with Crippen LogP contribution in [0, 0.1) is 0 Å². The summed E-state index contributed by atoms with van der Waals surface area (Å²) in [5.41, 5.74) is 1.21. The number of hydrogen-bond donors (Lipinski definition) is 1. The molecule has 1 N–H and O–H groups in total. The fraction of sp³-hybridized carbons (Fsp3) is 0.273. The monoisotopic (exact) mass is 411 g/mol. The third-order valence-corrected chi connectivity index (χ3v) is 4.26. The van der Waals surface area contributed by atoms with Gasteiger partial charge in [0.15, 0.2) is 6.61 Å². The topological polar surface area (TPSA) is 96.0 Å². The smallest absolute Gasteiger partial charge is 0.339 e. The van der Waals surface area contributed by atoms with Gasteiger partial charge in [-0.1, -0.05) is 42.5 Å². The molecule has 158 valence electrons. The van der Waals surface area contributed by atoms with Gasteiger partial charge in [-0.15, -0.1) is 0 Å². The zero-order valence-electron chi connectivity index (χ0n) is 17.3. The van der Waals surface area contributed by atoms with Gasteiger partial charge in [-0.2, -0.15) is 0 Å². The van der Waals surface area contributed by atoms with Crippen LogP contribution in [0.2, 0.25) is 0 Å². The second kappa shape index (κ2) is 10.8. The highest BCUT2D eigenvalue weighted by molar-refractivity contribution is 6.05. The Morgan fingerprint density at radius 3 is 2.10 bits per heavy atom. The quantitative estimate of drug-likeness (QED) is 0.661. The molecule has 2 rings (SSSR count). The average Bonchev–Trinajstić information content (AvgIpc) is 2.75. The number of esters is 1. The van der Waals surface area contributed by atoms with Crippen LogP contribution < -0.4 is 5.32 Å². The highest BCUT2D eigenvalue weighted by atomic mass is 16.5. The zero-order valence-corrected chi connectivity index (χ0v) is 17.3. The second-order valence-corrected chi connectivity index (χ2v) is 6.83. The van der Waals surface area contributed by atoms with Gasteiger partial charge in [0.1, 0.15) is 0 Å². The van der Waals surface area contributed by atoms with E-state index in [0.29, 0.717) is 6.54 Å². The Bertz CT molecular complexity index is 912. The van der Waals surface area contributed by atoms with Gasteiger partial charge in [0, 0.05) is 27.7 Å². The molecule has 2 aromatic rings. The van der Waals surface area contributed by atoms with E-state index in [0.717, 1.165) is 5.56 Å². The molecule has 0 radical (unpaired) electrons. The van der Waals surface area contributed by atoms with Crippen LogP contribution in [0.4, 0.5) is 0 Å². The second-order valence-electron chi connectivity index (χ2n) is 6.83. The van der Waals surface area contributed by atoms with E-state index in [9.17, 15) is 19.2 Å². The van der Waals surface area contributed by atoms with Gasteiger partial charge in [0.2, 0.25) is 5.91 Å². The normalized spacial score (nSPS) is 10.1. The van der Waals surface area contributed by atoms with E-state index in [-0.39, 0.29) is 29.5 Å². The molecule has 0 spiro atoms. The lowest BCUT2D eigenvalue weighted by molar-refractivity contribution is -0.131. The predicted molar refractivity (Wildman–Crippen MR) is 111 cm³/mol. The highest BCUT2D eigenvalue weighted by Crippen LogP contribution is 2.14. The molecule has 0 unspecified atom stereocenters. The fourth-order valence-electron chi connectivity index (χ4n) is 2.57. The number of nitrogens with one attached hydrogen (secondary N) is 1. The molecule has 0 atom stereocenters. The Morgan fingerprint density at radius 2 is 1.47 bits per heavy atom. The summed E-state index contributed by atoms with van der Waals surface area (Å²) in [6.07, 6.45) is 0. The summed E-state index contributed by atoms with van der Waals surface area (Å²) in [5.74, 6) is -2.02. The molecule has 0 saturated heterocycles. The minimum atomic E-state index is -0.791. The van der Waals surface area contributed by atoms with Gasteiger partial charge in [-0.25, -0.2) is 4.79 Å². The third kappa shape index (κ3) is 6.44. The van der Waals surface area contributed by atoms with E-state index in [1.165, 1.54) is 21.9 Å². The summed E-state index contributed by atoms with van der Waals surface area (Å²) < 4.78 is 5.02. The Hall–Kier alpha value is -3.68. The minimum absolute atomic E-state index is 0.0691. The van der Waals surface area contributed by atoms with Crippen LogP contribution >= 0.6 is 0 Å². The molecule has 0 aliphatic heterocycles. The molecule has 0 saturated carbocycles. The van der Waals surface area contributed by atoms with E-state index >= 15 is 0 Å². The molecule has 30 heavy (non-hydrogen) atoms. The van der Waals surface area contributed by atoms with Crippen LogP contribution in [-0.2, 0) is 20.9 Å². The number of nitrogens with zero attached hydrogens (tertiary/aromatic N) is 2. The minimum Gasteiger partial charge on any atom is -0.452 e. The maximum atomic E-state index is 12.9. The van der Waals surface area contributed by atoms with Crippen molar-refractivity contribution in [2.75, 3.05) is 34.3 Å². The molecular weight excluding hydrogens is 386 g/mol. The summed E-state index contributed by atoms with van der Waals surface area (Å²) in [6, 6.07) is 15.7. The lowest BCUT2D eigenvalue weighted by atomic mass is 10.1. The number of ether oxygens (including phenoxy) is 1. The molecule has 0 heterocycles. The van der Waals surface area contributed by atoms with Crippen molar-refractivity contribution in [3.63, 3.8) is 0 Å². The first-order valence-corrected chi connectivity index (χ1v) is 9.32. The number of benzene rings is 2. The summed E-state index contributed by atoms with van der Waals surface area (Å²) in [4.78, 5) is 51.4. The van der Waals surface area contributed by atoms with Gasteiger partial charge in [-0.05, 0) is 17.7 Å². The van der Waals surface area contributed by atoms with Gasteiger partial charge in [0.25, 0.3) is 11.8 Å². The van der Waals surface area contributed by atoms with Crippen LogP contribution in [0.25, 0.3) is 0 Å². The Kier molecular flexibility index (Phi) is 8.10. The Balaban J connectivity index is 1.99. The fourth-order valence-corrected chi connectivity index (χ4v) is 2.57. The van der Waals surface area contributed by atoms with Crippen molar-refractivity contribution in [2.24, 2.45) is 0 Å². The maximum absolute atomic E-state index is 12.9. The summed E-state index contributed by atoms with van der Waals surface area (Å²) in [7, 11) is 4.78. The number of rotatable bonds is 8. The molecule has 0 aliphatic rings. The predicted octanol–water partition coefficient (Wildman–Crippen LogP) is 1.32. The molecule has 0 bridgehead atoms. The van der Waals surface area contributed by atoms with Crippen molar-refractivity contribution in [3.05, 3.63) is 71.3 Å². The summed E-state index contributed by atoms with van der Waals surface area (Å²) in [5, 5.41) is 2.37. The largest absolute Gasteiger partial charge is 0.452 e. The van der Waals surface area contributed by atoms with E-state index in [1.54, 1.807) is 33.3 Å². The number of carbonyl (C=O) groups is 4. The molecule has 8 nitrogen and oxygen atoms in total. The molecule has 8 heteroatoms. The number of likely N-dealkylation sites (N-methyl/N-ethyl adjacent to an activating group) is 1. The first-order chi connectivity index (χ1) is 14.3. The van der Waals surface area contributed by atoms with Crippen LogP contribution in [0.5, 0.6) is 0 Å². The van der Waals surface area contributed by atoms with E-state index < -0.39 is 18.5 Å². The number of amides is 3. The molecule has 0 fully saturated rings. The first kappa shape index (κ1) is 22.6. The van der Waals surface area contributed by atoms with Gasteiger partial charge in [0.05, 0.1) is 17.7 Å². The average molecular weight is 411 g/mol. The molecule has 2 aromatic carbocycles. The molecule has 0 aliphatic carbocycles. The van der Waals surface area contributed by atoms with Crippen molar-refractivity contribution in [1.82, 2.24) is 15.1 Å². The van der Waals surface area contributed by atoms with Crippen LogP contribution in [0.15, 0.2) is 54.6 Å². The van der Waals surface area contributed by atoms with Crippen molar-refractivity contribution in [3.8, 4) is 0 Å². The molecule has 3 amide bonds. The van der Waals surface area contributed by atoms with Crippen LogP contribution in [-0.4, -0.2) is 67.8 Å². The Morgan fingerprint density at radius 1 is 0.867 bits per heavy atom.